The van der Waals surface area contributed by atoms with E-state index in [1.54, 1.807) is 35.9 Å². The van der Waals surface area contributed by atoms with Crippen LogP contribution in [-0.2, 0) is 18.3 Å². The van der Waals surface area contributed by atoms with Gasteiger partial charge in [-0.2, -0.15) is 0 Å². The van der Waals surface area contributed by atoms with E-state index in [-0.39, 0.29) is 12.2 Å². The van der Waals surface area contributed by atoms with Gasteiger partial charge in [0.05, 0.1) is 12.1 Å². The molecule has 1 N–H and O–H groups in total. The Morgan fingerprint density at radius 2 is 1.50 bits per heavy atom. The minimum atomic E-state index is -0.924. The molecule has 0 saturated heterocycles. The predicted octanol–water partition coefficient (Wildman–Crippen LogP) is 3.28. The van der Waals surface area contributed by atoms with Gasteiger partial charge in [0, 0.05) is 29.4 Å². The lowest BCUT2D eigenvalue weighted by Gasteiger charge is -2.06. The quantitative estimate of drug-likeness (QED) is 0.584. The minimum absolute atomic E-state index is 0.113. The molecule has 1 aromatic heterocycles. The molecule has 0 aliphatic carbocycles. The van der Waals surface area contributed by atoms with E-state index < -0.39 is 5.97 Å². The van der Waals surface area contributed by atoms with E-state index in [4.69, 9.17) is 5.11 Å². The number of hydrogen-bond acceptors (Lipinski definition) is 2. The fraction of sp³-hybridized carbons (Fsp3) is 0.0909. The molecule has 2 aromatic carbocycles. The molecule has 1 heterocycles. The normalized spacial score (nSPS) is 10.0. The maximum absolute atomic E-state index is 12.7. The highest BCUT2D eigenvalue weighted by atomic mass is 16.4. The molecule has 4 heteroatoms. The van der Waals surface area contributed by atoms with Crippen LogP contribution in [0.5, 0.6) is 0 Å². The van der Waals surface area contributed by atoms with Gasteiger partial charge in [-0.05, 0) is 48.5 Å². The first-order chi connectivity index (χ1) is 12.5. The van der Waals surface area contributed by atoms with Crippen LogP contribution in [0.15, 0.2) is 66.7 Å². The third kappa shape index (κ3) is 3.90. The number of hydrogen-bond donors (Lipinski definition) is 1. The van der Waals surface area contributed by atoms with E-state index in [2.05, 4.69) is 11.8 Å². The van der Waals surface area contributed by atoms with Gasteiger partial charge in [0.1, 0.15) is 0 Å². The summed E-state index contributed by atoms with van der Waals surface area (Å²) in [5.74, 6) is 5.08. The number of aromatic nitrogens is 1. The molecule has 0 aliphatic rings. The third-order valence-electron chi connectivity index (χ3n) is 4.06. The first-order valence-electron chi connectivity index (χ1n) is 8.13. The zero-order valence-corrected chi connectivity index (χ0v) is 14.3. The van der Waals surface area contributed by atoms with Crippen molar-refractivity contribution < 1.29 is 14.7 Å². The summed E-state index contributed by atoms with van der Waals surface area (Å²) in [5, 5.41) is 8.91. The second kappa shape index (κ2) is 7.54. The Labute approximate surface area is 151 Å². The Balaban J connectivity index is 1.79. The molecule has 0 saturated carbocycles. The summed E-state index contributed by atoms with van der Waals surface area (Å²) in [5.41, 5.74) is 3.35. The molecule has 4 nitrogen and oxygen atoms in total. The van der Waals surface area contributed by atoms with Crippen LogP contribution in [0.2, 0.25) is 0 Å². The summed E-state index contributed by atoms with van der Waals surface area (Å²) in [4.78, 5) is 23.5. The van der Waals surface area contributed by atoms with Crippen LogP contribution in [0.25, 0.3) is 0 Å². The zero-order chi connectivity index (χ0) is 18.5. The van der Waals surface area contributed by atoms with Gasteiger partial charge in [-0.25, -0.2) is 0 Å². The topological polar surface area (TPSA) is 59.3 Å². The van der Waals surface area contributed by atoms with Crippen molar-refractivity contribution in [2.45, 2.75) is 6.42 Å². The molecule has 3 aromatic rings. The standard InChI is InChI=1S/C22H17NO3/c1-23-19(15-21(24)25)13-14-20(23)22(26)18-11-9-17(10-12-18)8-7-16-5-3-2-4-6-16/h2-6,9-14H,15H2,1H3,(H,24,25). The Kier molecular flexibility index (Phi) is 5.00. The fourth-order valence-electron chi connectivity index (χ4n) is 2.63. The third-order valence-corrected chi connectivity index (χ3v) is 4.06. The van der Waals surface area contributed by atoms with Gasteiger partial charge in [0.15, 0.2) is 0 Å². The van der Waals surface area contributed by atoms with Crippen molar-refractivity contribution in [3.63, 3.8) is 0 Å². The first-order valence-corrected chi connectivity index (χ1v) is 8.13. The Bertz CT molecular complexity index is 1000. The van der Waals surface area contributed by atoms with Crippen molar-refractivity contribution in [2.24, 2.45) is 7.05 Å². The van der Waals surface area contributed by atoms with Crippen molar-refractivity contribution in [2.75, 3.05) is 0 Å². The molecule has 26 heavy (non-hydrogen) atoms. The number of ketones is 1. The van der Waals surface area contributed by atoms with Crippen molar-refractivity contribution in [1.29, 1.82) is 0 Å². The Morgan fingerprint density at radius 1 is 0.885 bits per heavy atom. The maximum Gasteiger partial charge on any atom is 0.309 e. The van der Waals surface area contributed by atoms with Crippen molar-refractivity contribution in [1.82, 2.24) is 4.57 Å². The second-order valence-corrected chi connectivity index (χ2v) is 5.86. The molecule has 0 atom stereocenters. The molecule has 0 spiro atoms. The molecular weight excluding hydrogens is 326 g/mol. The molecule has 0 aliphatic heterocycles. The van der Waals surface area contributed by atoms with Crippen LogP contribution in [0.1, 0.15) is 32.9 Å². The van der Waals surface area contributed by atoms with Crippen LogP contribution in [0, 0.1) is 11.8 Å². The van der Waals surface area contributed by atoms with Crippen LogP contribution in [0.3, 0.4) is 0 Å². The van der Waals surface area contributed by atoms with Crippen LogP contribution in [-0.4, -0.2) is 21.4 Å². The van der Waals surface area contributed by atoms with Gasteiger partial charge in [-0.15, -0.1) is 0 Å². The molecule has 0 amide bonds. The van der Waals surface area contributed by atoms with Crippen molar-refractivity contribution in [3.8, 4) is 11.8 Å². The van der Waals surface area contributed by atoms with E-state index >= 15 is 0 Å². The number of carbonyl (C=O) groups is 2. The molecule has 0 fully saturated rings. The molecule has 0 bridgehead atoms. The van der Waals surface area contributed by atoms with Gasteiger partial charge in [-0.1, -0.05) is 30.0 Å². The second-order valence-electron chi connectivity index (χ2n) is 5.86. The zero-order valence-electron chi connectivity index (χ0n) is 14.3. The largest absolute Gasteiger partial charge is 0.481 e. The van der Waals surface area contributed by atoms with E-state index in [1.165, 1.54) is 0 Å². The van der Waals surface area contributed by atoms with Gasteiger partial charge in [0.2, 0.25) is 5.78 Å². The lowest BCUT2D eigenvalue weighted by Crippen LogP contribution is -2.11. The summed E-state index contributed by atoms with van der Waals surface area (Å²) in [6.07, 6.45) is -0.113. The highest BCUT2D eigenvalue weighted by Gasteiger charge is 2.15. The fourth-order valence-corrected chi connectivity index (χ4v) is 2.63. The number of carboxylic acids is 1. The van der Waals surface area contributed by atoms with Gasteiger partial charge in [-0.3, -0.25) is 9.59 Å². The number of benzene rings is 2. The number of aliphatic carboxylic acids is 1. The molecule has 128 valence electrons. The van der Waals surface area contributed by atoms with Crippen molar-refractivity contribution >= 4 is 11.8 Å². The van der Waals surface area contributed by atoms with E-state index in [0.29, 0.717) is 17.0 Å². The summed E-state index contributed by atoms with van der Waals surface area (Å²) in [6.45, 7) is 0. The van der Waals surface area contributed by atoms with Crippen LogP contribution < -0.4 is 0 Å². The maximum atomic E-state index is 12.7. The van der Waals surface area contributed by atoms with Crippen LogP contribution in [0.4, 0.5) is 0 Å². The monoisotopic (exact) mass is 343 g/mol. The first kappa shape index (κ1) is 17.2. The minimum Gasteiger partial charge on any atom is -0.481 e. The van der Waals surface area contributed by atoms with Crippen molar-refractivity contribution in [3.05, 3.63) is 94.8 Å². The highest BCUT2D eigenvalue weighted by molar-refractivity contribution is 6.08. The van der Waals surface area contributed by atoms with Gasteiger partial charge < -0.3 is 9.67 Å². The Hall–Kier alpha value is -3.58. The molecule has 0 unspecified atom stereocenters. The lowest BCUT2D eigenvalue weighted by atomic mass is 10.1. The summed E-state index contributed by atoms with van der Waals surface area (Å²) < 4.78 is 1.62. The summed E-state index contributed by atoms with van der Waals surface area (Å²) in [7, 11) is 1.70. The number of carbonyl (C=O) groups excluding carboxylic acids is 1. The molecular formula is C22H17NO3. The number of rotatable bonds is 4. The predicted molar refractivity (Wildman–Crippen MR) is 99.0 cm³/mol. The van der Waals surface area contributed by atoms with E-state index in [1.807, 2.05) is 42.5 Å². The number of carboxylic acid groups (broad SMARTS) is 1. The lowest BCUT2D eigenvalue weighted by molar-refractivity contribution is -0.136. The van der Waals surface area contributed by atoms with Gasteiger partial charge in [0.25, 0.3) is 0 Å². The average molecular weight is 343 g/mol. The molecule has 0 radical (unpaired) electrons. The summed E-state index contributed by atoms with van der Waals surface area (Å²) in [6, 6.07) is 20.1. The van der Waals surface area contributed by atoms with E-state index in [0.717, 1.165) is 11.1 Å². The smallest absolute Gasteiger partial charge is 0.309 e. The average Bonchev–Trinajstić information content (AvgIpc) is 3.00. The van der Waals surface area contributed by atoms with E-state index in [9.17, 15) is 9.59 Å². The highest BCUT2D eigenvalue weighted by Crippen LogP contribution is 2.14. The Morgan fingerprint density at radius 3 is 2.12 bits per heavy atom. The van der Waals surface area contributed by atoms with Gasteiger partial charge >= 0.3 is 5.97 Å². The molecule has 3 rings (SSSR count). The summed E-state index contributed by atoms with van der Waals surface area (Å²) >= 11 is 0. The van der Waals surface area contributed by atoms with Crippen LogP contribution >= 0.6 is 0 Å². The number of nitrogens with zero attached hydrogens (tertiary/aromatic N) is 1. The SMILES string of the molecule is Cn1c(CC(=O)O)ccc1C(=O)c1ccc(C#Cc2ccccc2)cc1.